The lowest BCUT2D eigenvalue weighted by atomic mass is 10.3. The maximum atomic E-state index is 13.3. The first-order valence-electron chi connectivity index (χ1n) is 9.08. The first-order valence-corrected chi connectivity index (χ1v) is 10.6. The van der Waals surface area contributed by atoms with Gasteiger partial charge in [0.2, 0.25) is 0 Å². The van der Waals surface area contributed by atoms with Gasteiger partial charge in [-0.15, -0.1) is 0 Å². The van der Waals surface area contributed by atoms with Crippen LogP contribution in [0.1, 0.15) is 0 Å². The van der Waals surface area contributed by atoms with Crippen LogP contribution in [0.15, 0.2) is 29.2 Å². The normalized spacial score (nSPS) is 20.4. The molecule has 0 aliphatic carbocycles. The van der Waals surface area contributed by atoms with Crippen molar-refractivity contribution in [3.63, 3.8) is 0 Å². The van der Waals surface area contributed by atoms with Crippen molar-refractivity contribution in [2.24, 2.45) is 0 Å². The van der Waals surface area contributed by atoms with Crippen LogP contribution in [0.25, 0.3) is 0 Å². The molecule has 0 radical (unpaired) electrons. The number of nitrogens with zero attached hydrogens (tertiary/aromatic N) is 2. The topological polar surface area (TPSA) is 68.3 Å². The third-order valence-corrected chi connectivity index (χ3v) is 7.06. The molecule has 0 saturated carbocycles. The van der Waals surface area contributed by atoms with Crippen LogP contribution in [-0.2, 0) is 19.3 Å². The fraction of sp³-hybridized carbons (Fsp3) is 0.667. The molecular weight excluding hydrogens is 356 g/mol. The highest BCUT2D eigenvalue weighted by Crippen LogP contribution is 2.22. The Hall–Kier alpha value is -1.19. The zero-order valence-electron chi connectivity index (χ0n) is 15.3. The fourth-order valence-electron chi connectivity index (χ4n) is 3.36. The van der Waals surface area contributed by atoms with Crippen molar-refractivity contribution in [3.05, 3.63) is 24.3 Å². The molecule has 7 nitrogen and oxygen atoms in total. The maximum absolute atomic E-state index is 13.3. The Balaban J connectivity index is 1.78. The molecule has 0 unspecified atom stereocenters. The summed E-state index contributed by atoms with van der Waals surface area (Å²) < 4.78 is 42.6. The monoisotopic (exact) mass is 384 g/mol. The van der Waals surface area contributed by atoms with Gasteiger partial charge in [0, 0.05) is 39.3 Å². The number of ether oxygens (including phenoxy) is 3. The highest BCUT2D eigenvalue weighted by Gasteiger charge is 2.32. The maximum Gasteiger partial charge on any atom is 0.183 e. The molecule has 2 aliphatic rings. The van der Waals surface area contributed by atoms with Gasteiger partial charge in [-0.2, -0.15) is 0 Å². The second-order valence-corrected chi connectivity index (χ2v) is 8.90. The molecule has 2 fully saturated rings. The van der Waals surface area contributed by atoms with E-state index in [0.29, 0.717) is 50.2 Å². The molecule has 1 aromatic rings. The van der Waals surface area contributed by atoms with Gasteiger partial charge in [-0.05, 0) is 24.3 Å². The van der Waals surface area contributed by atoms with Crippen LogP contribution in [0.4, 0.5) is 0 Å². The lowest BCUT2D eigenvalue weighted by Crippen LogP contribution is -2.49. The van der Waals surface area contributed by atoms with E-state index >= 15 is 0 Å². The minimum Gasteiger partial charge on any atom is -0.497 e. The lowest BCUT2D eigenvalue weighted by Gasteiger charge is -2.34. The molecule has 2 saturated heterocycles. The number of rotatable bonds is 7. The second-order valence-electron chi connectivity index (χ2n) is 6.67. The Kier molecular flexibility index (Phi) is 6.88. The van der Waals surface area contributed by atoms with Gasteiger partial charge in [-0.25, -0.2) is 8.42 Å². The lowest BCUT2D eigenvalue weighted by molar-refractivity contribution is 0.0257. The van der Waals surface area contributed by atoms with Crippen LogP contribution in [0.3, 0.4) is 0 Å². The van der Waals surface area contributed by atoms with E-state index < -0.39 is 15.1 Å². The van der Waals surface area contributed by atoms with Crippen LogP contribution in [0.5, 0.6) is 5.75 Å². The summed E-state index contributed by atoms with van der Waals surface area (Å²) in [6, 6.07) is 6.68. The number of methoxy groups -OCH3 is 1. The molecule has 0 bridgehead atoms. The zero-order valence-corrected chi connectivity index (χ0v) is 16.1. The van der Waals surface area contributed by atoms with Gasteiger partial charge < -0.3 is 14.2 Å². The van der Waals surface area contributed by atoms with Crippen LogP contribution in [-0.4, -0.2) is 96.3 Å². The molecule has 26 heavy (non-hydrogen) atoms. The average Bonchev–Trinajstić information content (AvgIpc) is 2.69. The summed E-state index contributed by atoms with van der Waals surface area (Å²) in [5.41, 5.74) is 0. The predicted octanol–water partition coefficient (Wildman–Crippen LogP) is 0.502. The average molecular weight is 384 g/mol. The molecule has 2 aliphatic heterocycles. The number of benzene rings is 1. The molecule has 1 aromatic carbocycles. The van der Waals surface area contributed by atoms with E-state index in [1.54, 1.807) is 31.4 Å². The van der Waals surface area contributed by atoms with E-state index in [1.807, 2.05) is 0 Å². The number of morpholine rings is 2. The molecule has 3 rings (SSSR count). The fourth-order valence-corrected chi connectivity index (χ4v) is 5.07. The highest BCUT2D eigenvalue weighted by atomic mass is 32.2. The molecule has 0 N–H and O–H groups in total. The van der Waals surface area contributed by atoms with Gasteiger partial charge in [0.1, 0.15) is 5.75 Å². The summed E-state index contributed by atoms with van der Waals surface area (Å²) >= 11 is 0. The first-order chi connectivity index (χ1) is 12.6. The highest BCUT2D eigenvalue weighted by molar-refractivity contribution is 7.92. The summed E-state index contributed by atoms with van der Waals surface area (Å²) in [5.74, 6) is 0.654. The van der Waals surface area contributed by atoms with Gasteiger partial charge in [0.15, 0.2) is 9.84 Å². The quantitative estimate of drug-likeness (QED) is 0.678. The van der Waals surface area contributed by atoms with E-state index in [2.05, 4.69) is 9.80 Å². The summed E-state index contributed by atoms with van der Waals surface area (Å²) in [7, 11) is -1.87. The van der Waals surface area contributed by atoms with Gasteiger partial charge >= 0.3 is 0 Å². The van der Waals surface area contributed by atoms with Crippen molar-refractivity contribution in [2.75, 3.05) is 72.8 Å². The van der Waals surface area contributed by atoms with Crippen LogP contribution >= 0.6 is 0 Å². The first kappa shape index (κ1) is 19.6. The van der Waals surface area contributed by atoms with Gasteiger partial charge in [0.25, 0.3) is 0 Å². The van der Waals surface area contributed by atoms with E-state index in [0.717, 1.165) is 26.2 Å². The van der Waals surface area contributed by atoms with Crippen LogP contribution in [0.2, 0.25) is 0 Å². The molecular formula is C18H28N2O5S. The summed E-state index contributed by atoms with van der Waals surface area (Å²) in [6.45, 7) is 6.79. The van der Waals surface area contributed by atoms with Crippen molar-refractivity contribution in [2.45, 2.75) is 10.1 Å². The van der Waals surface area contributed by atoms with E-state index in [4.69, 9.17) is 14.2 Å². The predicted molar refractivity (Wildman–Crippen MR) is 98.5 cm³/mol. The Morgan fingerprint density at radius 3 is 1.81 bits per heavy atom. The van der Waals surface area contributed by atoms with E-state index in [9.17, 15) is 8.42 Å². The van der Waals surface area contributed by atoms with Crippen molar-refractivity contribution < 1.29 is 22.6 Å². The van der Waals surface area contributed by atoms with Crippen molar-refractivity contribution >= 4 is 9.84 Å². The summed E-state index contributed by atoms with van der Waals surface area (Å²) in [6.07, 6.45) is 0. The SMILES string of the molecule is COc1ccc(S(=O)(=O)C(CN2CCOCC2)CN2CCOCC2)cc1. The third-order valence-electron chi connectivity index (χ3n) is 4.96. The van der Waals surface area contributed by atoms with Crippen molar-refractivity contribution in [1.82, 2.24) is 9.80 Å². The Morgan fingerprint density at radius 2 is 1.38 bits per heavy atom. The molecule has 8 heteroatoms. The van der Waals surface area contributed by atoms with E-state index in [1.165, 1.54) is 0 Å². The molecule has 0 atom stereocenters. The van der Waals surface area contributed by atoms with Crippen molar-refractivity contribution in [3.8, 4) is 5.75 Å². The van der Waals surface area contributed by atoms with Crippen LogP contribution in [0, 0.1) is 0 Å². The molecule has 2 heterocycles. The van der Waals surface area contributed by atoms with Crippen LogP contribution < -0.4 is 4.74 Å². The zero-order chi connectivity index (χ0) is 18.4. The second kappa shape index (κ2) is 9.14. The summed E-state index contributed by atoms with van der Waals surface area (Å²) in [4.78, 5) is 4.73. The van der Waals surface area contributed by atoms with Crippen molar-refractivity contribution in [1.29, 1.82) is 0 Å². The van der Waals surface area contributed by atoms with Gasteiger partial charge in [-0.3, -0.25) is 9.80 Å². The number of hydrogen-bond acceptors (Lipinski definition) is 7. The standard InChI is InChI=1S/C18H28N2O5S/c1-23-16-2-4-17(5-3-16)26(21,22)18(14-19-6-10-24-11-7-19)15-20-8-12-25-13-9-20/h2-5,18H,6-15H2,1H3. The smallest absolute Gasteiger partial charge is 0.183 e. The summed E-state index contributed by atoms with van der Waals surface area (Å²) in [5, 5.41) is -0.480. The Bertz CT molecular complexity index is 633. The Morgan fingerprint density at radius 1 is 0.923 bits per heavy atom. The number of sulfone groups is 1. The van der Waals surface area contributed by atoms with E-state index in [-0.39, 0.29) is 0 Å². The Labute approximate surface area is 155 Å². The third kappa shape index (κ3) is 4.95. The largest absolute Gasteiger partial charge is 0.497 e. The molecule has 0 amide bonds. The minimum atomic E-state index is -3.45. The molecule has 146 valence electrons. The molecule has 0 aromatic heterocycles. The number of hydrogen-bond donors (Lipinski definition) is 0. The molecule has 0 spiro atoms. The van der Waals surface area contributed by atoms with Gasteiger partial charge in [0.05, 0.1) is 43.7 Å². The minimum absolute atomic E-state index is 0.352. The van der Waals surface area contributed by atoms with Gasteiger partial charge in [-0.1, -0.05) is 0 Å².